The van der Waals surface area contributed by atoms with Gasteiger partial charge in [-0.1, -0.05) is 23.7 Å². The number of aromatic nitrogens is 3. The highest BCUT2D eigenvalue weighted by Gasteiger charge is 2.21. The quantitative estimate of drug-likeness (QED) is 0.385. The Labute approximate surface area is 194 Å². The first kappa shape index (κ1) is 21.9. The maximum atomic E-state index is 13.2. The van der Waals surface area contributed by atoms with Gasteiger partial charge in [-0.05, 0) is 60.7 Å². The van der Waals surface area contributed by atoms with Crippen LogP contribution in [0, 0.1) is 5.92 Å². The molecule has 0 bridgehead atoms. The lowest BCUT2D eigenvalue weighted by Gasteiger charge is -2.17. The highest BCUT2D eigenvalue weighted by atomic mass is 35.5. The van der Waals surface area contributed by atoms with Crippen molar-refractivity contribution in [3.05, 3.63) is 98.6 Å². The fourth-order valence-electron chi connectivity index (χ4n) is 3.48. The normalized spacial score (nSPS) is 11.8. The van der Waals surface area contributed by atoms with E-state index in [1.807, 2.05) is 35.7 Å². The monoisotopic (exact) mass is 464 g/mol. The number of nitrogens with one attached hydrogen (secondary N) is 2. The molecule has 8 heteroatoms. The zero-order valence-corrected chi connectivity index (χ0v) is 18.7. The number of aromatic amines is 1. The minimum atomic E-state index is -0.350. The third-order valence-electron chi connectivity index (χ3n) is 5.15. The minimum absolute atomic E-state index is 0.211. The Morgan fingerprint density at radius 2 is 2.00 bits per heavy atom. The number of anilines is 1. The molecule has 162 valence electrons. The highest BCUT2D eigenvalue weighted by Crippen LogP contribution is 2.22. The van der Waals surface area contributed by atoms with E-state index in [9.17, 15) is 9.59 Å². The third-order valence-corrected chi connectivity index (χ3v) is 6.02. The van der Waals surface area contributed by atoms with Gasteiger partial charge in [-0.2, -0.15) is 0 Å². The molecule has 32 heavy (non-hydrogen) atoms. The van der Waals surface area contributed by atoms with Crippen molar-refractivity contribution in [1.29, 1.82) is 0 Å². The van der Waals surface area contributed by atoms with Gasteiger partial charge in [0, 0.05) is 40.5 Å². The first-order valence-electron chi connectivity index (χ1n) is 10.1. The van der Waals surface area contributed by atoms with E-state index in [1.165, 1.54) is 11.3 Å². The molecule has 4 rings (SSSR count). The van der Waals surface area contributed by atoms with Gasteiger partial charge in [0.1, 0.15) is 5.69 Å². The van der Waals surface area contributed by atoms with E-state index >= 15 is 0 Å². The number of halogens is 1. The molecule has 0 spiro atoms. The number of rotatable bonds is 8. The number of aryl methyl sites for hydroxylation is 1. The van der Waals surface area contributed by atoms with Crippen LogP contribution in [-0.2, 0) is 17.6 Å². The van der Waals surface area contributed by atoms with Gasteiger partial charge in [0.2, 0.25) is 5.91 Å². The van der Waals surface area contributed by atoms with Crippen LogP contribution in [0.1, 0.15) is 17.7 Å². The molecule has 0 aliphatic rings. The largest absolute Gasteiger partial charge is 0.327 e. The van der Waals surface area contributed by atoms with Gasteiger partial charge in [0.05, 0.1) is 11.2 Å². The molecule has 1 amide bonds. The van der Waals surface area contributed by atoms with E-state index < -0.39 is 0 Å². The summed E-state index contributed by atoms with van der Waals surface area (Å²) < 4.78 is 0. The van der Waals surface area contributed by atoms with E-state index in [4.69, 9.17) is 11.6 Å². The number of hydrogen-bond acceptors (Lipinski definition) is 5. The number of nitrogens with zero attached hydrogens (tertiary/aromatic N) is 2. The van der Waals surface area contributed by atoms with Crippen molar-refractivity contribution in [2.75, 3.05) is 5.32 Å². The molecule has 1 aromatic carbocycles. The van der Waals surface area contributed by atoms with Crippen LogP contribution in [0.5, 0.6) is 0 Å². The summed E-state index contributed by atoms with van der Waals surface area (Å²) >= 11 is 7.66. The van der Waals surface area contributed by atoms with Gasteiger partial charge >= 0.3 is 0 Å². The summed E-state index contributed by atoms with van der Waals surface area (Å²) in [6.07, 6.45) is 6.77. The Morgan fingerprint density at radius 1 is 1.16 bits per heavy atom. The molecular formula is C24H21ClN4O2S. The molecular weight excluding hydrogens is 444 g/mol. The second-order valence-corrected chi connectivity index (χ2v) is 8.56. The molecule has 0 saturated carbocycles. The predicted molar refractivity (Wildman–Crippen MR) is 128 cm³/mol. The van der Waals surface area contributed by atoms with Gasteiger partial charge in [-0.15, -0.1) is 11.3 Å². The van der Waals surface area contributed by atoms with Crippen molar-refractivity contribution < 1.29 is 4.79 Å². The lowest BCUT2D eigenvalue weighted by Crippen LogP contribution is -2.28. The van der Waals surface area contributed by atoms with Crippen molar-refractivity contribution in [2.24, 2.45) is 5.92 Å². The van der Waals surface area contributed by atoms with Crippen LogP contribution in [0.2, 0.25) is 5.02 Å². The summed E-state index contributed by atoms with van der Waals surface area (Å²) in [5.74, 6) is -0.559. The van der Waals surface area contributed by atoms with Gasteiger partial charge < -0.3 is 10.3 Å². The topological polar surface area (TPSA) is 87.7 Å². The van der Waals surface area contributed by atoms with E-state index in [1.54, 1.807) is 36.2 Å². The second-order valence-electron chi connectivity index (χ2n) is 7.41. The van der Waals surface area contributed by atoms with Crippen molar-refractivity contribution in [1.82, 2.24) is 15.0 Å². The maximum absolute atomic E-state index is 13.2. The fraction of sp³-hybridized carbons (Fsp3) is 0.167. The lowest BCUT2D eigenvalue weighted by molar-refractivity contribution is -0.120. The standard InChI is InChI=1S/C24H21ClN4O2S/c25-20-3-1-2-16(11-20)10-18(4-5-21-14-32-15-28-21)23(30)29-22-12-19(13-27-24(22)31)17-6-8-26-9-7-17/h1-3,6-9,11-15,18H,4-5,10H2,(H,27,31)(H,29,30)/t18-/m0/s1. The smallest absolute Gasteiger partial charge is 0.271 e. The predicted octanol–water partition coefficient (Wildman–Crippen LogP) is 4.98. The van der Waals surface area contributed by atoms with E-state index in [-0.39, 0.29) is 23.1 Å². The lowest BCUT2D eigenvalue weighted by atomic mass is 9.93. The Hall–Kier alpha value is -3.29. The Morgan fingerprint density at radius 3 is 2.75 bits per heavy atom. The number of pyridine rings is 2. The maximum Gasteiger partial charge on any atom is 0.271 e. The zero-order chi connectivity index (χ0) is 22.3. The number of hydrogen-bond donors (Lipinski definition) is 2. The van der Waals surface area contributed by atoms with Crippen LogP contribution in [-0.4, -0.2) is 20.9 Å². The summed E-state index contributed by atoms with van der Waals surface area (Å²) in [6, 6.07) is 12.9. The molecule has 2 N–H and O–H groups in total. The molecule has 0 aliphatic heterocycles. The number of carbonyl (C=O) groups is 1. The first-order chi connectivity index (χ1) is 15.6. The number of amides is 1. The van der Waals surface area contributed by atoms with E-state index in [2.05, 4.69) is 20.3 Å². The van der Waals surface area contributed by atoms with Crippen LogP contribution < -0.4 is 10.9 Å². The Balaban J connectivity index is 1.55. The molecule has 4 aromatic rings. The average Bonchev–Trinajstić information content (AvgIpc) is 3.32. The van der Waals surface area contributed by atoms with Crippen molar-refractivity contribution in [3.8, 4) is 11.1 Å². The van der Waals surface area contributed by atoms with Crippen LogP contribution in [0.25, 0.3) is 11.1 Å². The van der Waals surface area contributed by atoms with Crippen LogP contribution >= 0.6 is 22.9 Å². The Kier molecular flexibility index (Phi) is 7.09. The summed E-state index contributed by atoms with van der Waals surface area (Å²) in [5.41, 5.74) is 5.26. The molecule has 6 nitrogen and oxygen atoms in total. The zero-order valence-electron chi connectivity index (χ0n) is 17.1. The number of benzene rings is 1. The van der Waals surface area contributed by atoms with Crippen molar-refractivity contribution in [3.63, 3.8) is 0 Å². The summed E-state index contributed by atoms with van der Waals surface area (Å²) in [4.78, 5) is 36.7. The van der Waals surface area contributed by atoms with Gasteiger partial charge in [0.15, 0.2) is 0 Å². The minimum Gasteiger partial charge on any atom is -0.327 e. The SMILES string of the molecule is O=C(Nc1cc(-c2ccncc2)c[nH]c1=O)[C@@H](CCc1cscn1)Cc1cccc(Cl)c1. The molecule has 3 heterocycles. The highest BCUT2D eigenvalue weighted by molar-refractivity contribution is 7.07. The average molecular weight is 465 g/mol. The number of thiazole rings is 1. The van der Waals surface area contributed by atoms with Crippen molar-refractivity contribution in [2.45, 2.75) is 19.3 Å². The summed E-state index contributed by atoms with van der Waals surface area (Å²) in [6.45, 7) is 0. The van der Waals surface area contributed by atoms with Crippen LogP contribution in [0.4, 0.5) is 5.69 Å². The Bertz CT molecular complexity index is 1240. The molecule has 3 aromatic heterocycles. The molecule has 0 unspecified atom stereocenters. The number of carbonyl (C=O) groups excluding carboxylic acids is 1. The van der Waals surface area contributed by atoms with Gasteiger partial charge in [-0.25, -0.2) is 4.98 Å². The second kappa shape index (κ2) is 10.3. The molecule has 0 aliphatic carbocycles. The van der Waals surface area contributed by atoms with Crippen LogP contribution in [0.3, 0.4) is 0 Å². The molecule has 0 saturated heterocycles. The van der Waals surface area contributed by atoms with Crippen LogP contribution in [0.15, 0.2) is 76.7 Å². The molecule has 0 radical (unpaired) electrons. The van der Waals surface area contributed by atoms with E-state index in [0.29, 0.717) is 24.3 Å². The fourth-order valence-corrected chi connectivity index (χ4v) is 4.29. The molecule has 0 fully saturated rings. The summed E-state index contributed by atoms with van der Waals surface area (Å²) in [7, 11) is 0. The summed E-state index contributed by atoms with van der Waals surface area (Å²) in [5, 5.41) is 5.45. The molecule has 1 atom stereocenters. The van der Waals surface area contributed by atoms with Gasteiger partial charge in [0.25, 0.3) is 5.56 Å². The van der Waals surface area contributed by atoms with Crippen molar-refractivity contribution >= 4 is 34.5 Å². The van der Waals surface area contributed by atoms with Gasteiger partial charge in [-0.3, -0.25) is 14.6 Å². The van der Waals surface area contributed by atoms with E-state index in [0.717, 1.165) is 22.4 Å². The number of H-pyrrole nitrogens is 1. The third kappa shape index (κ3) is 5.69. The first-order valence-corrected chi connectivity index (χ1v) is 11.5.